The molecule has 0 amide bonds. The van der Waals surface area contributed by atoms with E-state index in [1.807, 2.05) is 6.08 Å². The Kier molecular flexibility index (Phi) is 7.45. The maximum Gasteiger partial charge on any atom is 0.0717 e. The highest BCUT2D eigenvalue weighted by molar-refractivity contribution is 5.22. The minimum absolute atomic E-state index is 0.708. The second-order valence-electron chi connectivity index (χ2n) is 6.50. The Morgan fingerprint density at radius 3 is 2.32 bits per heavy atom. The summed E-state index contributed by atoms with van der Waals surface area (Å²) in [6.07, 6.45) is 13.0. The van der Waals surface area contributed by atoms with Crippen LogP contribution in [-0.2, 0) is 17.8 Å². The third-order valence-corrected chi connectivity index (χ3v) is 4.82. The highest BCUT2D eigenvalue weighted by Crippen LogP contribution is 2.32. The first-order chi connectivity index (χ1) is 10.8. The molecule has 0 N–H and O–H groups in total. The van der Waals surface area contributed by atoms with E-state index < -0.39 is 0 Å². The quantitative estimate of drug-likeness (QED) is 0.419. The van der Waals surface area contributed by atoms with Gasteiger partial charge in [-0.25, -0.2) is 0 Å². The molecule has 0 unspecified atom stereocenters. The standard InChI is InChI=1S/C21H30O/c1-3-5-16-22-17-21-14-12-20(13-15-21)11-10-19-8-6-18(4-2)7-9-19/h3-4,12-15,18-19H,1-2,5-11,16-17H2. The Hall–Kier alpha value is -1.34. The summed E-state index contributed by atoms with van der Waals surface area (Å²) in [6.45, 7) is 9.10. The number of rotatable bonds is 9. The minimum atomic E-state index is 0.708. The molecule has 0 radical (unpaired) electrons. The zero-order valence-corrected chi connectivity index (χ0v) is 13.8. The number of benzene rings is 1. The van der Waals surface area contributed by atoms with Gasteiger partial charge in [0, 0.05) is 0 Å². The Morgan fingerprint density at radius 1 is 1.00 bits per heavy atom. The van der Waals surface area contributed by atoms with E-state index in [0.717, 1.165) is 24.9 Å². The van der Waals surface area contributed by atoms with E-state index in [1.54, 1.807) is 0 Å². The van der Waals surface area contributed by atoms with E-state index in [4.69, 9.17) is 4.74 Å². The molecule has 0 aliphatic heterocycles. The number of hydrogen-bond donors (Lipinski definition) is 0. The Labute approximate surface area is 136 Å². The van der Waals surface area contributed by atoms with Crippen LogP contribution in [0.25, 0.3) is 0 Å². The summed E-state index contributed by atoms with van der Waals surface area (Å²) in [5, 5.41) is 0. The van der Waals surface area contributed by atoms with Crippen molar-refractivity contribution in [3.63, 3.8) is 0 Å². The van der Waals surface area contributed by atoms with Crippen LogP contribution >= 0.6 is 0 Å². The van der Waals surface area contributed by atoms with Crippen molar-refractivity contribution in [3.8, 4) is 0 Å². The molecule has 120 valence electrons. The zero-order chi connectivity index (χ0) is 15.6. The number of ether oxygens (including phenoxy) is 1. The first kappa shape index (κ1) is 17.0. The Balaban J connectivity index is 1.68. The van der Waals surface area contributed by atoms with Gasteiger partial charge in [0.25, 0.3) is 0 Å². The smallest absolute Gasteiger partial charge is 0.0717 e. The molecule has 1 nitrogen and oxygen atoms in total. The lowest BCUT2D eigenvalue weighted by molar-refractivity contribution is 0.125. The molecule has 22 heavy (non-hydrogen) atoms. The van der Waals surface area contributed by atoms with Crippen LogP contribution in [0.4, 0.5) is 0 Å². The molecule has 0 saturated heterocycles. The van der Waals surface area contributed by atoms with Gasteiger partial charge >= 0.3 is 0 Å². The molecule has 1 aliphatic rings. The van der Waals surface area contributed by atoms with Crippen molar-refractivity contribution in [2.45, 2.75) is 51.6 Å². The molecule has 1 heteroatoms. The molecule has 0 bridgehead atoms. The third-order valence-electron chi connectivity index (χ3n) is 4.82. The summed E-state index contributed by atoms with van der Waals surface area (Å²) in [5.41, 5.74) is 2.72. The van der Waals surface area contributed by atoms with Crippen LogP contribution in [0.2, 0.25) is 0 Å². The maximum atomic E-state index is 5.60. The van der Waals surface area contributed by atoms with Gasteiger partial charge in [-0.3, -0.25) is 0 Å². The van der Waals surface area contributed by atoms with Gasteiger partial charge in [-0.2, -0.15) is 0 Å². The SMILES string of the molecule is C=CCCOCc1ccc(CCC2CCC(C=C)CC2)cc1. The largest absolute Gasteiger partial charge is 0.376 e. The minimum Gasteiger partial charge on any atom is -0.376 e. The number of hydrogen-bond acceptors (Lipinski definition) is 1. The summed E-state index contributed by atoms with van der Waals surface area (Å²) >= 11 is 0. The molecule has 0 atom stereocenters. The van der Waals surface area contributed by atoms with Crippen molar-refractivity contribution in [2.24, 2.45) is 11.8 Å². The van der Waals surface area contributed by atoms with Gasteiger partial charge in [-0.1, -0.05) is 36.4 Å². The molecule has 0 spiro atoms. The van der Waals surface area contributed by atoms with Crippen molar-refractivity contribution < 1.29 is 4.74 Å². The summed E-state index contributed by atoms with van der Waals surface area (Å²) < 4.78 is 5.60. The summed E-state index contributed by atoms with van der Waals surface area (Å²) in [5.74, 6) is 1.69. The highest BCUT2D eigenvalue weighted by Gasteiger charge is 2.18. The molecule has 1 aromatic carbocycles. The van der Waals surface area contributed by atoms with Crippen LogP contribution in [0, 0.1) is 11.8 Å². The van der Waals surface area contributed by atoms with E-state index >= 15 is 0 Å². The van der Waals surface area contributed by atoms with Crippen molar-refractivity contribution in [2.75, 3.05) is 6.61 Å². The van der Waals surface area contributed by atoms with Gasteiger partial charge in [0.05, 0.1) is 13.2 Å². The number of allylic oxidation sites excluding steroid dienone is 1. The van der Waals surface area contributed by atoms with E-state index in [0.29, 0.717) is 6.61 Å². The van der Waals surface area contributed by atoms with E-state index in [1.165, 1.54) is 49.7 Å². The van der Waals surface area contributed by atoms with E-state index in [-0.39, 0.29) is 0 Å². The van der Waals surface area contributed by atoms with Crippen molar-refractivity contribution in [3.05, 3.63) is 60.7 Å². The molecule has 1 aliphatic carbocycles. The Bertz CT molecular complexity index is 437. The molecular weight excluding hydrogens is 268 g/mol. The first-order valence-corrected chi connectivity index (χ1v) is 8.71. The Morgan fingerprint density at radius 2 is 1.68 bits per heavy atom. The van der Waals surface area contributed by atoms with Crippen LogP contribution in [0.1, 0.15) is 49.7 Å². The van der Waals surface area contributed by atoms with Gasteiger partial charge < -0.3 is 4.74 Å². The fourth-order valence-electron chi connectivity index (χ4n) is 3.24. The average Bonchev–Trinajstić information content (AvgIpc) is 2.58. The van der Waals surface area contributed by atoms with Crippen LogP contribution in [0.15, 0.2) is 49.6 Å². The fourth-order valence-corrected chi connectivity index (χ4v) is 3.24. The normalized spacial score (nSPS) is 21.5. The highest BCUT2D eigenvalue weighted by atomic mass is 16.5. The second kappa shape index (κ2) is 9.63. The van der Waals surface area contributed by atoms with Gasteiger partial charge in [-0.15, -0.1) is 13.2 Å². The van der Waals surface area contributed by atoms with Crippen molar-refractivity contribution in [1.82, 2.24) is 0 Å². The maximum absolute atomic E-state index is 5.60. The lowest BCUT2D eigenvalue weighted by atomic mass is 9.79. The van der Waals surface area contributed by atoms with E-state index in [9.17, 15) is 0 Å². The number of aryl methyl sites for hydroxylation is 1. The van der Waals surface area contributed by atoms with Crippen molar-refractivity contribution >= 4 is 0 Å². The fraction of sp³-hybridized carbons (Fsp3) is 0.524. The van der Waals surface area contributed by atoms with Crippen LogP contribution in [0.5, 0.6) is 0 Å². The van der Waals surface area contributed by atoms with Gasteiger partial charge in [0.15, 0.2) is 0 Å². The summed E-state index contributed by atoms with van der Waals surface area (Å²) in [6, 6.07) is 8.94. The topological polar surface area (TPSA) is 9.23 Å². The van der Waals surface area contributed by atoms with Crippen molar-refractivity contribution in [1.29, 1.82) is 0 Å². The van der Waals surface area contributed by atoms with Crippen LogP contribution in [-0.4, -0.2) is 6.61 Å². The predicted octanol–water partition coefficient (Wildman–Crippen LogP) is 5.70. The van der Waals surface area contributed by atoms with Gasteiger partial charge in [-0.05, 0) is 67.9 Å². The molecule has 0 aromatic heterocycles. The van der Waals surface area contributed by atoms with Crippen LogP contribution in [0.3, 0.4) is 0 Å². The predicted molar refractivity (Wildman–Crippen MR) is 94.9 cm³/mol. The first-order valence-electron chi connectivity index (χ1n) is 8.71. The lowest BCUT2D eigenvalue weighted by Crippen LogP contribution is -2.13. The molecular formula is C21H30O. The molecule has 1 saturated carbocycles. The summed E-state index contributed by atoms with van der Waals surface area (Å²) in [7, 11) is 0. The van der Waals surface area contributed by atoms with E-state index in [2.05, 4.69) is 43.5 Å². The molecule has 0 heterocycles. The van der Waals surface area contributed by atoms with Crippen LogP contribution < -0.4 is 0 Å². The summed E-state index contributed by atoms with van der Waals surface area (Å²) in [4.78, 5) is 0. The molecule has 2 rings (SSSR count). The van der Waals surface area contributed by atoms with Gasteiger partial charge in [0.1, 0.15) is 0 Å². The lowest BCUT2D eigenvalue weighted by Gasteiger charge is -2.26. The van der Waals surface area contributed by atoms with Gasteiger partial charge in [0.2, 0.25) is 0 Å². The molecule has 1 aromatic rings. The second-order valence-corrected chi connectivity index (χ2v) is 6.50. The third kappa shape index (κ3) is 5.81. The average molecular weight is 298 g/mol. The monoisotopic (exact) mass is 298 g/mol. The molecule has 1 fully saturated rings. The zero-order valence-electron chi connectivity index (χ0n) is 13.8.